The molecule has 72 valence electrons. The molecular formula is C8H17NO2S. The molecule has 1 aliphatic rings. The molecule has 0 amide bonds. The van der Waals surface area contributed by atoms with Crippen molar-refractivity contribution in [1.29, 1.82) is 0 Å². The Bertz CT molecular complexity index is 187. The van der Waals surface area contributed by atoms with E-state index in [1.54, 1.807) is 0 Å². The van der Waals surface area contributed by atoms with E-state index >= 15 is 0 Å². The molecule has 0 aromatic rings. The molecule has 1 aliphatic heterocycles. The van der Waals surface area contributed by atoms with Crippen LogP contribution in [0.3, 0.4) is 0 Å². The summed E-state index contributed by atoms with van der Waals surface area (Å²) in [6, 6.07) is 0. The fourth-order valence-electron chi connectivity index (χ4n) is 1.26. The van der Waals surface area contributed by atoms with E-state index in [1.165, 1.54) is 0 Å². The summed E-state index contributed by atoms with van der Waals surface area (Å²) in [5.74, 6) is 0.899. The molecule has 1 fully saturated rings. The van der Waals surface area contributed by atoms with Crippen LogP contribution in [-0.2, 0) is 11.0 Å². The Morgan fingerprint density at radius 3 is 2.42 bits per heavy atom. The number of hydrogen-bond acceptors (Lipinski definition) is 2. The first-order chi connectivity index (χ1) is 5.49. The molecule has 0 saturated carbocycles. The lowest BCUT2D eigenvalue weighted by Crippen LogP contribution is -2.64. The monoisotopic (exact) mass is 191 g/mol. The van der Waals surface area contributed by atoms with Gasteiger partial charge in [-0.1, -0.05) is 20.8 Å². The van der Waals surface area contributed by atoms with Crippen LogP contribution in [0.2, 0.25) is 0 Å². The Balaban J connectivity index is 2.41. The number of hydrogen-bond donors (Lipinski definition) is 1. The number of rotatable bonds is 3. The van der Waals surface area contributed by atoms with Crippen LogP contribution in [0.4, 0.5) is 0 Å². The first kappa shape index (κ1) is 10.2. The number of aliphatic hydroxyl groups is 1. The molecule has 0 radical (unpaired) electrons. The fraction of sp³-hybridized carbons (Fsp3) is 1.00. The van der Waals surface area contributed by atoms with E-state index in [2.05, 4.69) is 0 Å². The first-order valence-electron chi connectivity index (χ1n) is 4.35. The average Bonchev–Trinajstić information content (AvgIpc) is 1.96. The zero-order valence-corrected chi connectivity index (χ0v) is 8.73. The number of β-amino-alcohol motifs (C(OH)–C–C–N with tert-alkyl or cyclic N) is 1. The second-order valence-corrected chi connectivity index (χ2v) is 5.40. The third-order valence-corrected chi connectivity index (χ3v) is 3.84. The minimum Gasteiger partial charge on any atom is -0.387 e. The van der Waals surface area contributed by atoms with Gasteiger partial charge in [0.05, 0.1) is 16.6 Å². The van der Waals surface area contributed by atoms with E-state index in [4.69, 9.17) is 0 Å². The molecule has 1 atom stereocenters. The molecule has 0 aromatic carbocycles. The molecule has 0 bridgehead atoms. The predicted molar refractivity (Wildman–Crippen MR) is 50.0 cm³/mol. The van der Waals surface area contributed by atoms with Gasteiger partial charge in [-0.15, -0.1) is 0 Å². The molecule has 1 heterocycles. The summed E-state index contributed by atoms with van der Waals surface area (Å²) in [4.78, 5) is 0. The van der Waals surface area contributed by atoms with E-state index < -0.39 is 16.6 Å². The summed E-state index contributed by atoms with van der Waals surface area (Å²) < 4.78 is 13.0. The Morgan fingerprint density at radius 2 is 2.08 bits per heavy atom. The quantitative estimate of drug-likeness (QED) is 0.700. The van der Waals surface area contributed by atoms with Crippen LogP contribution in [0.15, 0.2) is 0 Å². The topological polar surface area (TPSA) is 40.5 Å². The van der Waals surface area contributed by atoms with Gasteiger partial charge in [0, 0.05) is 18.8 Å². The van der Waals surface area contributed by atoms with Gasteiger partial charge in [0.1, 0.15) is 0 Å². The highest BCUT2D eigenvalue weighted by atomic mass is 32.2. The maximum absolute atomic E-state index is 11.2. The van der Waals surface area contributed by atoms with Crippen molar-refractivity contribution in [2.45, 2.75) is 26.4 Å². The standard InChI is InChI=1S/C8H17NO2S/c1-4-12(11)9-5-8(10,6-9)7(2)3/h7,10H,4-6H2,1-3H3. The van der Waals surface area contributed by atoms with Crippen molar-refractivity contribution >= 4 is 11.0 Å². The van der Waals surface area contributed by atoms with E-state index in [-0.39, 0.29) is 5.92 Å². The minimum atomic E-state index is -0.875. The lowest BCUT2D eigenvalue weighted by Gasteiger charge is -2.47. The molecule has 3 nitrogen and oxygen atoms in total. The third-order valence-electron chi connectivity index (χ3n) is 2.51. The van der Waals surface area contributed by atoms with Crippen LogP contribution >= 0.6 is 0 Å². The van der Waals surface area contributed by atoms with Crippen molar-refractivity contribution in [3.8, 4) is 0 Å². The molecule has 1 N–H and O–H groups in total. The van der Waals surface area contributed by atoms with Gasteiger partial charge in [-0.2, -0.15) is 0 Å². The van der Waals surface area contributed by atoms with Crippen LogP contribution in [0.25, 0.3) is 0 Å². The highest BCUT2D eigenvalue weighted by molar-refractivity contribution is 7.82. The van der Waals surface area contributed by atoms with E-state index in [9.17, 15) is 9.32 Å². The SMILES string of the molecule is CCS(=O)N1CC(O)(C(C)C)C1. The molecule has 0 aliphatic carbocycles. The van der Waals surface area contributed by atoms with Gasteiger partial charge in [0.15, 0.2) is 0 Å². The summed E-state index contributed by atoms with van der Waals surface area (Å²) in [5, 5.41) is 9.83. The van der Waals surface area contributed by atoms with Crippen molar-refractivity contribution < 1.29 is 9.32 Å². The second-order valence-electron chi connectivity index (χ2n) is 3.67. The Labute approximate surface area is 76.4 Å². The second kappa shape index (κ2) is 3.44. The summed E-state index contributed by atoms with van der Waals surface area (Å²) in [7, 11) is -0.875. The highest BCUT2D eigenvalue weighted by Crippen LogP contribution is 2.29. The molecular weight excluding hydrogens is 174 g/mol. The van der Waals surface area contributed by atoms with Gasteiger partial charge in [0.25, 0.3) is 0 Å². The first-order valence-corrected chi connectivity index (χ1v) is 5.63. The molecule has 0 aromatic heterocycles. The zero-order chi connectivity index (χ0) is 9.35. The van der Waals surface area contributed by atoms with Crippen LogP contribution in [0.5, 0.6) is 0 Å². The minimum absolute atomic E-state index is 0.252. The van der Waals surface area contributed by atoms with Gasteiger partial charge in [-0.3, -0.25) is 0 Å². The van der Waals surface area contributed by atoms with Gasteiger partial charge in [0.2, 0.25) is 0 Å². The zero-order valence-electron chi connectivity index (χ0n) is 7.91. The molecule has 1 saturated heterocycles. The van der Waals surface area contributed by atoms with Gasteiger partial charge in [-0.25, -0.2) is 8.51 Å². The van der Waals surface area contributed by atoms with Gasteiger partial charge < -0.3 is 5.11 Å². The Hall–Kier alpha value is 0.0700. The Morgan fingerprint density at radius 1 is 1.58 bits per heavy atom. The summed E-state index contributed by atoms with van der Waals surface area (Å²) in [6.45, 7) is 7.00. The Kier molecular flexibility index (Phi) is 2.91. The molecule has 1 unspecified atom stereocenters. The van der Waals surface area contributed by atoms with Crippen molar-refractivity contribution in [3.05, 3.63) is 0 Å². The van der Waals surface area contributed by atoms with E-state index in [0.717, 1.165) is 0 Å². The maximum Gasteiger partial charge on any atom is 0.0943 e. The normalized spacial score (nSPS) is 25.4. The van der Waals surface area contributed by atoms with Crippen LogP contribution < -0.4 is 0 Å². The third kappa shape index (κ3) is 1.70. The molecule has 0 spiro atoms. The smallest absolute Gasteiger partial charge is 0.0943 e. The van der Waals surface area contributed by atoms with Crippen LogP contribution in [0, 0.1) is 5.92 Å². The van der Waals surface area contributed by atoms with Crippen molar-refractivity contribution in [2.24, 2.45) is 5.92 Å². The summed E-state index contributed by atoms with van der Waals surface area (Å²) >= 11 is 0. The molecule has 12 heavy (non-hydrogen) atoms. The number of nitrogens with zero attached hydrogens (tertiary/aromatic N) is 1. The van der Waals surface area contributed by atoms with E-state index in [1.807, 2.05) is 25.1 Å². The maximum atomic E-state index is 11.2. The van der Waals surface area contributed by atoms with Crippen LogP contribution in [-0.4, -0.2) is 38.1 Å². The van der Waals surface area contributed by atoms with E-state index in [0.29, 0.717) is 18.8 Å². The fourth-order valence-corrected chi connectivity index (χ4v) is 2.36. The average molecular weight is 191 g/mol. The van der Waals surface area contributed by atoms with Crippen LogP contribution in [0.1, 0.15) is 20.8 Å². The van der Waals surface area contributed by atoms with Crippen molar-refractivity contribution in [3.63, 3.8) is 0 Å². The lowest BCUT2D eigenvalue weighted by atomic mass is 9.85. The summed E-state index contributed by atoms with van der Waals surface area (Å²) in [6.07, 6.45) is 0. The largest absolute Gasteiger partial charge is 0.387 e. The van der Waals surface area contributed by atoms with Crippen molar-refractivity contribution in [2.75, 3.05) is 18.8 Å². The van der Waals surface area contributed by atoms with Gasteiger partial charge in [-0.05, 0) is 5.92 Å². The lowest BCUT2D eigenvalue weighted by molar-refractivity contribution is -0.0914. The summed E-state index contributed by atoms with van der Waals surface area (Å²) in [5.41, 5.74) is -0.592. The predicted octanol–water partition coefficient (Wildman–Crippen LogP) is 0.373. The van der Waals surface area contributed by atoms with Crippen molar-refractivity contribution in [1.82, 2.24) is 4.31 Å². The highest BCUT2D eigenvalue weighted by Gasteiger charge is 2.45. The van der Waals surface area contributed by atoms with Gasteiger partial charge >= 0.3 is 0 Å². The molecule has 1 rings (SSSR count). The molecule has 4 heteroatoms.